The van der Waals surface area contributed by atoms with Crippen LogP contribution in [0.2, 0.25) is 0 Å². The highest BCUT2D eigenvalue weighted by Gasteiger charge is 2.38. The molecule has 0 heterocycles. The smallest absolute Gasteiger partial charge is 0.264 e. The molecule has 7 nitrogen and oxygen atoms in total. The lowest BCUT2D eigenvalue weighted by molar-refractivity contribution is -0.112. The number of halogens is 2. The second kappa shape index (κ2) is 35.3. The Kier molecular flexibility index (Phi) is 31.6. The number of carbonyl (C=O) groups is 1. The molecule has 426 valence electrons. The molecule has 10 heteroatoms. The maximum absolute atomic E-state index is 11.2. The van der Waals surface area contributed by atoms with E-state index in [9.17, 15) is 23.6 Å². The number of benzene rings is 5. The number of aldehydes is 1. The predicted octanol–water partition coefficient (Wildman–Crippen LogP) is 17.8. The summed E-state index contributed by atoms with van der Waals surface area (Å²) in [6.45, 7) is 10.9. The van der Waals surface area contributed by atoms with Crippen molar-refractivity contribution in [1.29, 1.82) is 10.5 Å². The molecule has 0 aliphatic heterocycles. The van der Waals surface area contributed by atoms with E-state index >= 15 is 0 Å². The Balaban J connectivity index is 0.000000326. The fourth-order valence-electron chi connectivity index (χ4n) is 10.9. The predicted molar refractivity (Wildman–Crippen MR) is 336 cm³/mol. The fourth-order valence-corrected chi connectivity index (χ4v) is 12.1. The van der Waals surface area contributed by atoms with Gasteiger partial charge < -0.3 is 9.90 Å². The molecule has 9 rings (SSSR count). The van der Waals surface area contributed by atoms with Crippen LogP contribution >= 0.6 is 31.9 Å². The van der Waals surface area contributed by atoms with Gasteiger partial charge in [0.2, 0.25) is 0 Å². The van der Waals surface area contributed by atoms with E-state index in [1.165, 1.54) is 101 Å². The lowest BCUT2D eigenvalue weighted by Crippen LogP contribution is -2.29. The van der Waals surface area contributed by atoms with Crippen molar-refractivity contribution in [2.45, 2.75) is 193 Å². The van der Waals surface area contributed by atoms with E-state index in [1.54, 1.807) is 0 Å². The SMILES string of the molecule is BrCCCCBr.C.C.Cc1ccc(C2(C#N)CCCC2)cc1.Cc1ccc(C2(C=O)CCCC2)cc1.Cc1ccc(C2(CO)CCCC2)cc1.Cc1ccc(C2(COS(C)(=O)=O)CCCC2)cc1.Cc1ccc(CC#N)cc1. The summed E-state index contributed by atoms with van der Waals surface area (Å²) in [7, 11) is -3.37. The summed E-state index contributed by atoms with van der Waals surface area (Å²) < 4.78 is 27.5. The van der Waals surface area contributed by atoms with Crippen molar-refractivity contribution < 1.29 is 22.5 Å². The van der Waals surface area contributed by atoms with Crippen LogP contribution in [0.1, 0.15) is 186 Å². The molecule has 0 aromatic heterocycles. The minimum absolute atomic E-state index is 0. The van der Waals surface area contributed by atoms with Crippen molar-refractivity contribution >= 4 is 48.3 Å². The Hall–Kier alpha value is -4.42. The zero-order valence-corrected chi connectivity index (χ0v) is 50.5. The summed E-state index contributed by atoms with van der Waals surface area (Å²) in [4.78, 5) is 11.2. The normalized spacial score (nSPS) is 16.7. The highest BCUT2D eigenvalue weighted by Crippen LogP contribution is 2.43. The Bertz CT molecular complexity index is 2630. The van der Waals surface area contributed by atoms with E-state index in [0.717, 1.165) is 93.0 Å². The quantitative estimate of drug-likeness (QED) is 0.0538. The van der Waals surface area contributed by atoms with Crippen LogP contribution in [0.4, 0.5) is 0 Å². The van der Waals surface area contributed by atoms with Gasteiger partial charge in [0.05, 0.1) is 48.9 Å². The molecule has 4 fully saturated rings. The molecule has 0 spiro atoms. The van der Waals surface area contributed by atoms with Gasteiger partial charge in [0.15, 0.2) is 0 Å². The van der Waals surface area contributed by atoms with E-state index in [4.69, 9.17) is 9.44 Å². The number of nitrogens with zero attached hydrogens (tertiary/aromatic N) is 2. The molecule has 4 aliphatic rings. The Morgan fingerprint density at radius 1 is 0.526 bits per heavy atom. The standard InChI is InChI=1S/C14H20O3S.C13H15N.C13H18O.C13H16O.C9H9N.C4H8Br2.2CH4/c1-12-5-7-13(8-6-12)14(9-3-4-10-14)11-17-18(2,15)16;3*1-11-4-6-12(7-5-11)13(10-14)8-2-3-9-13;1-8-2-4-9(5-3-8)6-7-10;5-3-1-2-4-6;;/h5-8H,3-4,9-11H2,1-2H3;4-7H,2-3,8-9H2,1H3;4-7,14H,2-3,8-10H2,1H3;4-7,10H,2-3,8-9H2,1H3;2-5H,6H2,1H3;1-4H2;2*1H4. The van der Waals surface area contributed by atoms with Crippen molar-refractivity contribution in [1.82, 2.24) is 0 Å². The maximum atomic E-state index is 11.2. The zero-order chi connectivity index (χ0) is 55.5. The van der Waals surface area contributed by atoms with Gasteiger partial charge in [-0.2, -0.15) is 18.9 Å². The number of aliphatic hydroxyl groups excluding tert-OH is 1. The van der Waals surface area contributed by atoms with Crippen LogP contribution in [-0.2, 0) is 47.2 Å². The first kappa shape index (κ1) is 69.7. The first-order chi connectivity index (χ1) is 36.5. The number of alkyl halides is 2. The van der Waals surface area contributed by atoms with Crippen molar-refractivity contribution in [3.8, 4) is 12.1 Å². The van der Waals surface area contributed by atoms with Crippen molar-refractivity contribution in [3.05, 3.63) is 177 Å². The van der Waals surface area contributed by atoms with Crippen molar-refractivity contribution in [3.63, 3.8) is 0 Å². The molecule has 78 heavy (non-hydrogen) atoms. The van der Waals surface area contributed by atoms with Gasteiger partial charge >= 0.3 is 0 Å². The Morgan fingerprint density at radius 3 is 1.21 bits per heavy atom. The van der Waals surface area contributed by atoms with Crippen LogP contribution in [-0.4, -0.2) is 49.9 Å². The summed E-state index contributed by atoms with van der Waals surface area (Å²) in [6.07, 6.45) is 23.3. The molecule has 0 bridgehead atoms. The lowest BCUT2D eigenvalue weighted by Gasteiger charge is -2.28. The highest BCUT2D eigenvalue weighted by molar-refractivity contribution is 9.09. The molecule has 4 aliphatic carbocycles. The third-order valence-electron chi connectivity index (χ3n) is 15.8. The number of nitriles is 2. The van der Waals surface area contributed by atoms with Gasteiger partial charge in [-0.3, -0.25) is 4.18 Å². The Morgan fingerprint density at radius 2 is 0.859 bits per heavy atom. The summed E-state index contributed by atoms with van der Waals surface area (Å²) in [5, 5.41) is 29.4. The molecule has 5 aromatic carbocycles. The minimum Gasteiger partial charge on any atom is -0.395 e. The number of unbranched alkanes of at least 4 members (excludes halogenated alkanes) is 1. The largest absolute Gasteiger partial charge is 0.395 e. The summed E-state index contributed by atoms with van der Waals surface area (Å²) in [5.74, 6) is 0. The summed E-state index contributed by atoms with van der Waals surface area (Å²) in [6, 6.07) is 46.5. The fraction of sp³-hybridized carbons (Fsp3) is 0.515. The van der Waals surface area contributed by atoms with E-state index in [2.05, 4.69) is 169 Å². The third kappa shape index (κ3) is 21.9. The third-order valence-corrected chi connectivity index (χ3v) is 17.5. The zero-order valence-electron chi connectivity index (χ0n) is 46.5. The number of rotatable bonds is 13. The van der Waals surface area contributed by atoms with E-state index in [0.29, 0.717) is 13.0 Å². The molecule has 0 amide bonds. The van der Waals surface area contributed by atoms with Crippen LogP contribution in [0.3, 0.4) is 0 Å². The number of carbonyl (C=O) groups excluding carboxylic acids is 1. The molecule has 0 atom stereocenters. The van der Waals surface area contributed by atoms with Crippen LogP contribution < -0.4 is 0 Å². The molecule has 0 saturated heterocycles. The molecular weight excluding hydrogens is 1120 g/mol. The maximum Gasteiger partial charge on any atom is 0.264 e. The molecule has 4 saturated carbocycles. The van der Waals surface area contributed by atoms with Gasteiger partial charge in [-0.15, -0.1) is 0 Å². The number of aliphatic hydroxyl groups is 1. The van der Waals surface area contributed by atoms with Crippen LogP contribution in [0, 0.1) is 57.3 Å². The van der Waals surface area contributed by atoms with Crippen molar-refractivity contribution in [2.24, 2.45) is 0 Å². The topological polar surface area (TPSA) is 128 Å². The lowest BCUT2D eigenvalue weighted by atomic mass is 9.79. The second-order valence-corrected chi connectivity index (χ2v) is 25.1. The average molecular weight is 1210 g/mol. The van der Waals surface area contributed by atoms with Crippen LogP contribution in [0.5, 0.6) is 0 Å². The van der Waals surface area contributed by atoms with E-state index < -0.39 is 10.1 Å². The Labute approximate surface area is 490 Å². The number of aryl methyl sites for hydroxylation is 5. The molecule has 1 N–H and O–H groups in total. The van der Waals surface area contributed by atoms with E-state index in [-0.39, 0.29) is 43.1 Å². The monoisotopic (exact) mass is 1210 g/mol. The number of hydrogen-bond acceptors (Lipinski definition) is 7. The van der Waals surface area contributed by atoms with Gasteiger partial charge in [-0.1, -0.05) is 247 Å². The average Bonchev–Trinajstić information content (AvgIpc) is 4.30. The molecule has 0 radical (unpaired) electrons. The first-order valence-electron chi connectivity index (χ1n) is 27.6. The summed E-state index contributed by atoms with van der Waals surface area (Å²) in [5.41, 5.74) is 11.9. The molecule has 5 aromatic rings. The second-order valence-electron chi connectivity index (χ2n) is 21.9. The summed E-state index contributed by atoms with van der Waals surface area (Å²) >= 11 is 6.66. The van der Waals surface area contributed by atoms with Crippen molar-refractivity contribution in [2.75, 3.05) is 30.1 Å². The molecule has 0 unspecified atom stereocenters. The van der Waals surface area contributed by atoms with Gasteiger partial charge in [0, 0.05) is 21.5 Å². The van der Waals surface area contributed by atoms with Crippen LogP contribution in [0.25, 0.3) is 0 Å². The van der Waals surface area contributed by atoms with Crippen LogP contribution in [0.15, 0.2) is 121 Å². The first-order valence-corrected chi connectivity index (χ1v) is 31.7. The van der Waals surface area contributed by atoms with Gasteiger partial charge in [0.25, 0.3) is 10.1 Å². The highest BCUT2D eigenvalue weighted by atomic mass is 79.9. The van der Waals surface area contributed by atoms with E-state index in [1.807, 2.05) is 31.2 Å². The van der Waals surface area contributed by atoms with Gasteiger partial charge in [-0.05, 0) is 127 Å². The number of hydrogen-bond donors (Lipinski definition) is 1. The van der Waals surface area contributed by atoms with Gasteiger partial charge in [0.1, 0.15) is 6.29 Å². The minimum atomic E-state index is -3.37. The van der Waals surface area contributed by atoms with Gasteiger partial charge in [-0.25, -0.2) is 0 Å². The molecular formula is C68H94Br2N2O5S.